The van der Waals surface area contributed by atoms with Gasteiger partial charge in [0.15, 0.2) is 0 Å². The summed E-state index contributed by atoms with van der Waals surface area (Å²) in [4.78, 5) is 0. The van der Waals surface area contributed by atoms with Crippen molar-refractivity contribution < 1.29 is 37.9 Å². The van der Waals surface area contributed by atoms with Crippen LogP contribution in [0.5, 0.6) is 11.5 Å². The maximum atomic E-state index is 6.56. The van der Waals surface area contributed by atoms with Crippen molar-refractivity contribution in [1.29, 1.82) is 0 Å². The molecule has 8 nitrogen and oxygen atoms in total. The lowest BCUT2D eigenvalue weighted by Gasteiger charge is -2.40. The fraction of sp³-hybridized carbons (Fsp3) is 0.368. The van der Waals surface area contributed by atoms with Crippen molar-refractivity contribution in [2.45, 2.75) is 32.1 Å². The molecule has 0 unspecified atom stereocenters. The quantitative estimate of drug-likeness (QED) is 0.0556. The monoisotopic (exact) mass is 874 g/mol. The third-order valence-electron chi connectivity index (χ3n) is 13.6. The Morgan fingerprint density at radius 3 is 1.18 bits per heavy atom. The molecule has 2 saturated heterocycles. The molecule has 0 aromatic heterocycles. The molecule has 0 spiro atoms. The van der Waals surface area contributed by atoms with Crippen LogP contribution in [0, 0.1) is 10.8 Å². The SMILES string of the molecule is CCC1(COCCOCCOc2ccc(C3(c4ccc(OCCOCCOCC5(CC)COC5)c(-c5ccccc5)c4)c4ccccc4-c4ccccc43)cc2-c2ccccc2)COC1. The van der Waals surface area contributed by atoms with Crippen LogP contribution in [0.2, 0.25) is 0 Å². The molecule has 6 aromatic carbocycles. The highest BCUT2D eigenvalue weighted by Gasteiger charge is 2.46. The first-order chi connectivity index (χ1) is 32.1. The van der Waals surface area contributed by atoms with Gasteiger partial charge in [-0.1, -0.05) is 135 Å². The summed E-state index contributed by atoms with van der Waals surface area (Å²) in [6.45, 7) is 12.8. The zero-order valence-electron chi connectivity index (χ0n) is 37.9. The molecule has 2 heterocycles. The Morgan fingerprint density at radius 1 is 0.400 bits per heavy atom. The molecular weight excluding hydrogens is 813 g/mol. The van der Waals surface area contributed by atoms with Gasteiger partial charge in [0.1, 0.15) is 24.7 Å². The van der Waals surface area contributed by atoms with Gasteiger partial charge in [-0.15, -0.1) is 0 Å². The van der Waals surface area contributed by atoms with Gasteiger partial charge in [-0.3, -0.25) is 0 Å². The Bertz CT molecular complexity index is 2280. The van der Waals surface area contributed by atoms with Crippen LogP contribution in [0.4, 0.5) is 0 Å². The van der Waals surface area contributed by atoms with Crippen molar-refractivity contribution in [2.24, 2.45) is 10.8 Å². The summed E-state index contributed by atoms with van der Waals surface area (Å²) in [5.74, 6) is 1.62. The smallest absolute Gasteiger partial charge is 0.127 e. The number of benzene rings is 6. The van der Waals surface area contributed by atoms with Gasteiger partial charge in [0, 0.05) is 22.0 Å². The number of ether oxygens (including phenoxy) is 8. The molecule has 0 radical (unpaired) electrons. The van der Waals surface area contributed by atoms with E-state index in [2.05, 4.69) is 159 Å². The number of rotatable bonds is 24. The number of hydrogen-bond donors (Lipinski definition) is 0. The average molecular weight is 875 g/mol. The second kappa shape index (κ2) is 20.9. The van der Waals surface area contributed by atoms with Crippen LogP contribution in [0.1, 0.15) is 48.9 Å². The fourth-order valence-electron chi connectivity index (χ4n) is 9.49. The van der Waals surface area contributed by atoms with Gasteiger partial charge in [0.05, 0.1) is 84.7 Å². The van der Waals surface area contributed by atoms with E-state index in [1.165, 1.54) is 22.3 Å². The molecule has 0 saturated carbocycles. The maximum absolute atomic E-state index is 6.56. The molecule has 8 heteroatoms. The zero-order chi connectivity index (χ0) is 44.4. The van der Waals surface area contributed by atoms with E-state index in [4.69, 9.17) is 37.9 Å². The van der Waals surface area contributed by atoms with Crippen LogP contribution in [0.15, 0.2) is 146 Å². The zero-order valence-corrected chi connectivity index (χ0v) is 37.9. The van der Waals surface area contributed by atoms with Gasteiger partial charge in [-0.2, -0.15) is 0 Å². The maximum Gasteiger partial charge on any atom is 0.127 e. The summed E-state index contributed by atoms with van der Waals surface area (Å²) in [5.41, 5.74) is 11.1. The van der Waals surface area contributed by atoms with E-state index in [1.807, 2.05) is 0 Å². The van der Waals surface area contributed by atoms with Gasteiger partial charge in [-0.25, -0.2) is 0 Å². The van der Waals surface area contributed by atoms with Crippen molar-refractivity contribution in [2.75, 3.05) is 92.5 Å². The van der Waals surface area contributed by atoms with Crippen LogP contribution in [-0.4, -0.2) is 92.5 Å². The lowest BCUT2D eigenvalue weighted by atomic mass is 9.67. The molecule has 6 aromatic rings. The van der Waals surface area contributed by atoms with Crippen LogP contribution >= 0.6 is 0 Å². The highest BCUT2D eigenvalue weighted by atomic mass is 16.6. The third kappa shape index (κ3) is 9.53. The van der Waals surface area contributed by atoms with Gasteiger partial charge in [0.2, 0.25) is 0 Å². The van der Waals surface area contributed by atoms with Crippen molar-refractivity contribution in [1.82, 2.24) is 0 Å². The molecule has 65 heavy (non-hydrogen) atoms. The molecule has 0 bridgehead atoms. The highest BCUT2D eigenvalue weighted by molar-refractivity contribution is 5.88. The minimum Gasteiger partial charge on any atom is -0.491 e. The summed E-state index contributed by atoms with van der Waals surface area (Å²) in [7, 11) is 0. The first kappa shape index (κ1) is 44.9. The molecule has 2 aliphatic heterocycles. The Labute approximate surface area is 384 Å². The molecule has 1 aliphatic carbocycles. The van der Waals surface area contributed by atoms with E-state index in [9.17, 15) is 0 Å². The van der Waals surface area contributed by atoms with E-state index in [1.54, 1.807) is 0 Å². The van der Waals surface area contributed by atoms with Crippen LogP contribution < -0.4 is 9.47 Å². The summed E-state index contributed by atoms with van der Waals surface area (Å²) in [5, 5.41) is 0. The molecule has 338 valence electrons. The topological polar surface area (TPSA) is 73.8 Å². The first-order valence-corrected chi connectivity index (χ1v) is 23.4. The van der Waals surface area contributed by atoms with E-state index in [0.29, 0.717) is 66.1 Å². The number of hydrogen-bond acceptors (Lipinski definition) is 8. The average Bonchev–Trinajstić information content (AvgIpc) is 3.64. The Morgan fingerprint density at radius 2 is 0.785 bits per heavy atom. The van der Waals surface area contributed by atoms with Gasteiger partial charge in [-0.05, 0) is 81.6 Å². The Hall–Kier alpha value is -5.32. The fourth-order valence-corrected chi connectivity index (χ4v) is 9.49. The van der Waals surface area contributed by atoms with Crippen molar-refractivity contribution in [3.8, 4) is 44.9 Å². The molecule has 9 rings (SSSR count). The van der Waals surface area contributed by atoms with E-state index >= 15 is 0 Å². The first-order valence-electron chi connectivity index (χ1n) is 23.4. The molecule has 0 atom stereocenters. The van der Waals surface area contributed by atoms with Crippen molar-refractivity contribution in [3.05, 3.63) is 168 Å². The van der Waals surface area contributed by atoms with Crippen LogP contribution in [0.25, 0.3) is 33.4 Å². The molecular formula is C57H62O8. The second-order valence-electron chi connectivity index (χ2n) is 17.7. The van der Waals surface area contributed by atoms with E-state index in [-0.39, 0.29) is 10.8 Å². The molecule has 2 fully saturated rings. The molecule has 3 aliphatic rings. The largest absolute Gasteiger partial charge is 0.491 e. The summed E-state index contributed by atoms with van der Waals surface area (Å²) < 4.78 is 47.9. The van der Waals surface area contributed by atoms with Gasteiger partial charge >= 0.3 is 0 Å². The Kier molecular flexibility index (Phi) is 14.4. The lowest BCUT2D eigenvalue weighted by Crippen LogP contribution is -2.45. The van der Waals surface area contributed by atoms with Crippen LogP contribution in [0.3, 0.4) is 0 Å². The van der Waals surface area contributed by atoms with Gasteiger partial charge in [0.25, 0.3) is 0 Å². The predicted octanol–water partition coefficient (Wildman–Crippen LogP) is 11.1. The minimum atomic E-state index is -0.659. The minimum absolute atomic E-state index is 0.169. The summed E-state index contributed by atoms with van der Waals surface area (Å²) >= 11 is 0. The Balaban J connectivity index is 0.998. The van der Waals surface area contributed by atoms with Crippen LogP contribution in [-0.2, 0) is 33.8 Å². The van der Waals surface area contributed by atoms with Crippen molar-refractivity contribution >= 4 is 0 Å². The number of fused-ring (bicyclic) bond motifs is 3. The standard InChI is InChI=1S/C57H62O8/c1-3-55(39-62-40-55)37-60-29-27-58-31-33-64-53-25-23-45(35-49(53)43-15-7-5-8-16-43)57(51-21-13-11-19-47(51)48-20-12-14-22-52(48)57)46-24-26-54(50(36-46)44-17-9-6-10-18-44)65-34-32-59-28-30-61-38-56(4-2)41-63-42-56/h5-26,35-36H,3-4,27-34,37-42H2,1-2H3. The third-order valence-corrected chi connectivity index (χ3v) is 13.6. The molecule has 0 amide bonds. The summed E-state index contributed by atoms with van der Waals surface area (Å²) in [6.07, 6.45) is 2.12. The predicted molar refractivity (Wildman–Crippen MR) is 256 cm³/mol. The van der Waals surface area contributed by atoms with E-state index < -0.39 is 5.41 Å². The summed E-state index contributed by atoms with van der Waals surface area (Å²) in [6, 6.07) is 52.2. The highest BCUT2D eigenvalue weighted by Crippen LogP contribution is 2.57. The lowest BCUT2D eigenvalue weighted by molar-refractivity contribution is -0.152. The van der Waals surface area contributed by atoms with Crippen molar-refractivity contribution in [3.63, 3.8) is 0 Å². The van der Waals surface area contributed by atoms with Gasteiger partial charge < -0.3 is 37.9 Å². The second-order valence-corrected chi connectivity index (χ2v) is 17.7. The normalized spacial score (nSPS) is 16.2. The molecule has 0 N–H and O–H groups in total. The van der Waals surface area contributed by atoms with E-state index in [0.717, 1.165) is 84.1 Å².